The van der Waals surface area contributed by atoms with Gasteiger partial charge in [0.15, 0.2) is 0 Å². The number of hydrogen-bond acceptors (Lipinski definition) is 4. The lowest BCUT2D eigenvalue weighted by Crippen LogP contribution is -2.47. The Hall–Kier alpha value is -0.940. The van der Waals surface area contributed by atoms with E-state index in [4.69, 9.17) is 5.73 Å². The summed E-state index contributed by atoms with van der Waals surface area (Å²) in [5.74, 6) is -0.345. The summed E-state index contributed by atoms with van der Waals surface area (Å²) in [6.45, 7) is 8.33. The Kier molecular flexibility index (Phi) is 4.65. The van der Waals surface area contributed by atoms with Gasteiger partial charge in [-0.2, -0.15) is 0 Å². The van der Waals surface area contributed by atoms with Crippen molar-refractivity contribution in [3.8, 4) is 0 Å². The quantitative estimate of drug-likeness (QED) is 0.647. The van der Waals surface area contributed by atoms with E-state index in [1.807, 2.05) is 0 Å². The Balaban J connectivity index is 2.72. The van der Waals surface area contributed by atoms with Crippen molar-refractivity contribution >= 4 is 11.8 Å². The van der Waals surface area contributed by atoms with Crippen LogP contribution < -0.4 is 11.1 Å². The molecule has 1 atom stereocenters. The molecular formula is C12H23N3O2. The fourth-order valence-electron chi connectivity index (χ4n) is 2.08. The molecule has 3 N–H and O–H groups in total. The van der Waals surface area contributed by atoms with Crippen LogP contribution in [0.4, 0.5) is 0 Å². The first-order valence-corrected chi connectivity index (χ1v) is 6.17. The fourth-order valence-corrected chi connectivity index (χ4v) is 2.08. The molecule has 1 heterocycles. The molecule has 5 nitrogen and oxygen atoms in total. The molecule has 2 amide bonds. The van der Waals surface area contributed by atoms with E-state index in [9.17, 15) is 9.59 Å². The van der Waals surface area contributed by atoms with Gasteiger partial charge < -0.3 is 5.73 Å². The van der Waals surface area contributed by atoms with Crippen molar-refractivity contribution in [2.75, 3.05) is 19.6 Å². The van der Waals surface area contributed by atoms with Gasteiger partial charge in [-0.1, -0.05) is 20.8 Å². The molecule has 98 valence electrons. The van der Waals surface area contributed by atoms with Gasteiger partial charge >= 0.3 is 0 Å². The van der Waals surface area contributed by atoms with Crippen LogP contribution >= 0.6 is 0 Å². The van der Waals surface area contributed by atoms with Gasteiger partial charge in [-0.15, -0.1) is 0 Å². The van der Waals surface area contributed by atoms with E-state index in [-0.39, 0.29) is 29.7 Å². The second-order valence-corrected chi connectivity index (χ2v) is 5.47. The van der Waals surface area contributed by atoms with Crippen LogP contribution in [0.1, 0.15) is 33.6 Å². The zero-order valence-electron chi connectivity index (χ0n) is 11.0. The molecule has 5 heteroatoms. The summed E-state index contributed by atoms with van der Waals surface area (Å²) in [4.78, 5) is 25.0. The van der Waals surface area contributed by atoms with Crippen molar-refractivity contribution in [1.82, 2.24) is 10.2 Å². The van der Waals surface area contributed by atoms with E-state index < -0.39 is 0 Å². The van der Waals surface area contributed by atoms with Crippen LogP contribution in [0.2, 0.25) is 0 Å². The predicted molar refractivity (Wildman–Crippen MR) is 66.3 cm³/mol. The van der Waals surface area contributed by atoms with E-state index in [1.54, 1.807) is 0 Å². The Morgan fingerprint density at radius 1 is 1.47 bits per heavy atom. The molecule has 0 bridgehead atoms. The summed E-state index contributed by atoms with van der Waals surface area (Å²) in [5, 5.41) is 2.36. The third-order valence-electron chi connectivity index (χ3n) is 3.08. The second kappa shape index (κ2) is 5.60. The SMILES string of the molecule is CCCN(CC(C)(C)CN)C1CC(=O)NC1=O. The molecule has 0 spiro atoms. The van der Waals surface area contributed by atoms with Crippen LogP contribution in [-0.4, -0.2) is 42.4 Å². The first kappa shape index (κ1) is 14.1. The Morgan fingerprint density at radius 2 is 2.12 bits per heavy atom. The molecule has 1 aliphatic rings. The van der Waals surface area contributed by atoms with E-state index in [1.165, 1.54) is 0 Å². The van der Waals surface area contributed by atoms with E-state index in [0.29, 0.717) is 6.54 Å². The van der Waals surface area contributed by atoms with Gasteiger partial charge in [0.05, 0.1) is 12.5 Å². The van der Waals surface area contributed by atoms with Gasteiger partial charge in [-0.3, -0.25) is 19.8 Å². The number of amides is 2. The summed E-state index contributed by atoms with van der Waals surface area (Å²) < 4.78 is 0. The summed E-state index contributed by atoms with van der Waals surface area (Å²) in [5.41, 5.74) is 5.68. The monoisotopic (exact) mass is 241 g/mol. The molecule has 0 radical (unpaired) electrons. The molecule has 0 aromatic heterocycles. The minimum Gasteiger partial charge on any atom is -0.330 e. The van der Waals surface area contributed by atoms with Crippen LogP contribution in [-0.2, 0) is 9.59 Å². The van der Waals surface area contributed by atoms with Gasteiger partial charge in [-0.25, -0.2) is 0 Å². The third-order valence-corrected chi connectivity index (χ3v) is 3.08. The maximum absolute atomic E-state index is 11.7. The largest absolute Gasteiger partial charge is 0.330 e. The van der Waals surface area contributed by atoms with Gasteiger partial charge in [0.25, 0.3) is 0 Å². The average Bonchev–Trinajstić information content (AvgIpc) is 2.57. The number of nitrogens with two attached hydrogens (primary N) is 1. The minimum absolute atomic E-state index is 0.0406. The Labute approximate surface area is 103 Å². The molecule has 0 saturated carbocycles. The van der Waals surface area contributed by atoms with Crippen molar-refractivity contribution in [2.24, 2.45) is 11.1 Å². The number of carbonyl (C=O) groups excluding carboxylic acids is 2. The van der Waals surface area contributed by atoms with Crippen molar-refractivity contribution in [3.05, 3.63) is 0 Å². The summed E-state index contributed by atoms with van der Waals surface area (Å²) in [6, 6.07) is -0.312. The van der Waals surface area contributed by atoms with Crippen molar-refractivity contribution in [2.45, 2.75) is 39.7 Å². The predicted octanol–water partition coefficient (Wildman–Crippen LogP) is 0.0984. The molecule has 1 saturated heterocycles. The molecule has 1 fully saturated rings. The van der Waals surface area contributed by atoms with Gasteiger partial charge in [0, 0.05) is 6.54 Å². The minimum atomic E-state index is -0.312. The number of imide groups is 1. The lowest BCUT2D eigenvalue weighted by molar-refractivity contribution is -0.126. The molecule has 1 rings (SSSR count). The molecule has 0 aliphatic carbocycles. The summed E-state index contributed by atoms with van der Waals surface area (Å²) in [7, 11) is 0. The van der Waals surface area contributed by atoms with Crippen molar-refractivity contribution < 1.29 is 9.59 Å². The standard InChI is InChI=1S/C12H23N3O2/c1-4-5-15(8-12(2,3)7-13)9-6-10(16)14-11(9)17/h9H,4-8,13H2,1-3H3,(H,14,16,17). The van der Waals surface area contributed by atoms with Crippen molar-refractivity contribution in [1.29, 1.82) is 0 Å². The van der Waals surface area contributed by atoms with Crippen LogP contribution in [0.3, 0.4) is 0 Å². The maximum Gasteiger partial charge on any atom is 0.244 e. The highest BCUT2D eigenvalue weighted by molar-refractivity contribution is 6.05. The first-order chi connectivity index (χ1) is 7.89. The van der Waals surface area contributed by atoms with E-state index in [0.717, 1.165) is 19.5 Å². The Morgan fingerprint density at radius 3 is 2.53 bits per heavy atom. The van der Waals surface area contributed by atoms with Gasteiger partial charge in [-0.05, 0) is 24.9 Å². The molecular weight excluding hydrogens is 218 g/mol. The third kappa shape index (κ3) is 3.78. The Bertz CT molecular complexity index is 302. The van der Waals surface area contributed by atoms with Crippen LogP contribution in [0.5, 0.6) is 0 Å². The average molecular weight is 241 g/mol. The lowest BCUT2D eigenvalue weighted by Gasteiger charge is -2.34. The van der Waals surface area contributed by atoms with Crippen LogP contribution in [0, 0.1) is 5.41 Å². The van der Waals surface area contributed by atoms with Gasteiger partial charge in [0.2, 0.25) is 11.8 Å². The molecule has 0 aromatic carbocycles. The molecule has 17 heavy (non-hydrogen) atoms. The summed E-state index contributed by atoms with van der Waals surface area (Å²) >= 11 is 0. The van der Waals surface area contributed by atoms with Crippen molar-refractivity contribution in [3.63, 3.8) is 0 Å². The highest BCUT2D eigenvalue weighted by atomic mass is 16.2. The second-order valence-electron chi connectivity index (χ2n) is 5.47. The molecule has 1 unspecified atom stereocenters. The number of carbonyl (C=O) groups is 2. The number of rotatable bonds is 6. The first-order valence-electron chi connectivity index (χ1n) is 6.17. The molecule has 0 aromatic rings. The van der Waals surface area contributed by atoms with E-state index >= 15 is 0 Å². The number of nitrogens with one attached hydrogen (secondary N) is 1. The lowest BCUT2D eigenvalue weighted by atomic mass is 9.92. The van der Waals surface area contributed by atoms with Gasteiger partial charge in [0.1, 0.15) is 0 Å². The highest BCUT2D eigenvalue weighted by Gasteiger charge is 2.36. The molecule has 1 aliphatic heterocycles. The topological polar surface area (TPSA) is 75.4 Å². The van der Waals surface area contributed by atoms with E-state index in [2.05, 4.69) is 31.0 Å². The maximum atomic E-state index is 11.7. The zero-order valence-corrected chi connectivity index (χ0v) is 11.0. The smallest absolute Gasteiger partial charge is 0.244 e. The fraction of sp³-hybridized carbons (Fsp3) is 0.833. The zero-order chi connectivity index (χ0) is 13.1. The number of hydrogen-bond donors (Lipinski definition) is 2. The highest BCUT2D eigenvalue weighted by Crippen LogP contribution is 2.20. The summed E-state index contributed by atoms with van der Waals surface area (Å²) in [6.07, 6.45) is 1.23. The normalized spacial score (nSPS) is 21.1. The van der Waals surface area contributed by atoms with Crippen LogP contribution in [0.25, 0.3) is 0 Å². The van der Waals surface area contributed by atoms with Crippen LogP contribution in [0.15, 0.2) is 0 Å². The number of nitrogens with zero attached hydrogens (tertiary/aromatic N) is 1.